The standard InChI is InChI=1S/C15H14N2O3S/c16-11-8-4-5-9-12(11)21-14(20)15(17,13(18)19)10-6-2-1-3-7-10/h1-9H,16-17H2,(H,18,19). The third-order valence-electron chi connectivity index (χ3n) is 3.01. The predicted molar refractivity (Wildman–Crippen MR) is 81.7 cm³/mol. The van der Waals surface area contributed by atoms with Crippen LogP contribution in [0.3, 0.4) is 0 Å². The van der Waals surface area contributed by atoms with Gasteiger partial charge >= 0.3 is 5.97 Å². The summed E-state index contributed by atoms with van der Waals surface area (Å²) in [5.41, 5.74) is 10.2. The van der Waals surface area contributed by atoms with Crippen molar-refractivity contribution < 1.29 is 14.7 Å². The summed E-state index contributed by atoms with van der Waals surface area (Å²) in [6.07, 6.45) is 0. The van der Waals surface area contributed by atoms with Gasteiger partial charge in [-0.2, -0.15) is 0 Å². The molecule has 0 radical (unpaired) electrons. The van der Waals surface area contributed by atoms with E-state index in [1.165, 1.54) is 12.1 Å². The predicted octanol–water partition coefficient (Wildman–Crippen LogP) is 1.83. The lowest BCUT2D eigenvalue weighted by molar-refractivity contribution is -0.146. The maximum absolute atomic E-state index is 12.4. The van der Waals surface area contributed by atoms with Crippen LogP contribution < -0.4 is 11.5 Å². The quantitative estimate of drug-likeness (QED) is 0.452. The van der Waals surface area contributed by atoms with Crippen molar-refractivity contribution in [3.63, 3.8) is 0 Å². The number of aliphatic carboxylic acids is 1. The smallest absolute Gasteiger partial charge is 0.337 e. The molecule has 2 aromatic rings. The van der Waals surface area contributed by atoms with Crippen LogP contribution >= 0.6 is 11.8 Å². The molecule has 0 spiro atoms. The Morgan fingerprint density at radius 3 is 2.14 bits per heavy atom. The number of carbonyl (C=O) groups excluding carboxylic acids is 1. The number of para-hydroxylation sites is 1. The number of hydrogen-bond acceptors (Lipinski definition) is 5. The average Bonchev–Trinajstić information content (AvgIpc) is 2.49. The zero-order valence-corrected chi connectivity index (χ0v) is 11.8. The molecule has 0 aliphatic carbocycles. The van der Waals surface area contributed by atoms with Crippen molar-refractivity contribution in [3.8, 4) is 0 Å². The molecule has 0 amide bonds. The van der Waals surface area contributed by atoms with E-state index in [1.807, 2.05) is 0 Å². The van der Waals surface area contributed by atoms with Crippen LogP contribution in [0.25, 0.3) is 0 Å². The number of carboxylic acids is 1. The zero-order chi connectivity index (χ0) is 15.5. The van der Waals surface area contributed by atoms with Gasteiger partial charge in [0, 0.05) is 10.6 Å². The maximum Gasteiger partial charge on any atom is 0.337 e. The third-order valence-corrected chi connectivity index (χ3v) is 4.11. The van der Waals surface area contributed by atoms with Gasteiger partial charge in [-0.3, -0.25) is 4.79 Å². The van der Waals surface area contributed by atoms with Crippen molar-refractivity contribution in [2.24, 2.45) is 5.73 Å². The van der Waals surface area contributed by atoms with E-state index in [0.717, 1.165) is 11.8 Å². The van der Waals surface area contributed by atoms with Gasteiger partial charge in [0.1, 0.15) is 0 Å². The van der Waals surface area contributed by atoms with Gasteiger partial charge in [-0.25, -0.2) is 4.79 Å². The van der Waals surface area contributed by atoms with Crippen LogP contribution in [0.15, 0.2) is 59.5 Å². The highest BCUT2D eigenvalue weighted by atomic mass is 32.2. The van der Waals surface area contributed by atoms with Crippen molar-refractivity contribution in [2.75, 3.05) is 5.73 Å². The van der Waals surface area contributed by atoms with Gasteiger partial charge < -0.3 is 16.6 Å². The molecular formula is C15H14N2O3S. The molecular weight excluding hydrogens is 288 g/mol. The Morgan fingerprint density at radius 2 is 1.57 bits per heavy atom. The Hall–Kier alpha value is -2.31. The molecule has 0 aliphatic rings. The summed E-state index contributed by atoms with van der Waals surface area (Å²) in [6.45, 7) is 0. The van der Waals surface area contributed by atoms with Crippen molar-refractivity contribution in [1.29, 1.82) is 0 Å². The van der Waals surface area contributed by atoms with E-state index in [4.69, 9.17) is 11.5 Å². The first kappa shape index (κ1) is 15.1. The molecule has 0 aliphatic heterocycles. The lowest BCUT2D eigenvalue weighted by Gasteiger charge is -2.23. The van der Waals surface area contributed by atoms with E-state index in [0.29, 0.717) is 10.6 Å². The monoisotopic (exact) mass is 302 g/mol. The molecule has 0 fully saturated rings. The number of carbonyl (C=O) groups is 2. The molecule has 0 aromatic heterocycles. The fourth-order valence-electron chi connectivity index (χ4n) is 1.78. The Kier molecular flexibility index (Phi) is 4.30. The Labute approximate surface area is 126 Å². The van der Waals surface area contributed by atoms with Gasteiger partial charge in [-0.05, 0) is 29.5 Å². The van der Waals surface area contributed by atoms with Crippen LogP contribution in [-0.4, -0.2) is 16.2 Å². The summed E-state index contributed by atoms with van der Waals surface area (Å²) in [5.74, 6) is -1.40. The Morgan fingerprint density at radius 1 is 1.00 bits per heavy atom. The molecule has 2 aromatic carbocycles. The highest BCUT2D eigenvalue weighted by Crippen LogP contribution is 2.32. The van der Waals surface area contributed by atoms with E-state index in [1.54, 1.807) is 42.5 Å². The minimum absolute atomic E-state index is 0.226. The molecule has 0 saturated heterocycles. The topological polar surface area (TPSA) is 106 Å². The van der Waals surface area contributed by atoms with Gasteiger partial charge in [0.15, 0.2) is 0 Å². The fourth-order valence-corrected chi connectivity index (χ4v) is 2.68. The molecule has 2 rings (SSSR count). The number of benzene rings is 2. The first-order chi connectivity index (χ1) is 9.96. The molecule has 5 nitrogen and oxygen atoms in total. The van der Waals surface area contributed by atoms with E-state index < -0.39 is 16.6 Å². The molecule has 108 valence electrons. The summed E-state index contributed by atoms with van der Waals surface area (Å²) in [7, 11) is 0. The Balaban J connectivity index is 2.38. The van der Waals surface area contributed by atoms with Crippen LogP contribution in [-0.2, 0) is 15.1 Å². The average molecular weight is 302 g/mol. The van der Waals surface area contributed by atoms with Crippen molar-refractivity contribution in [1.82, 2.24) is 0 Å². The number of thioether (sulfide) groups is 1. The number of nitrogens with two attached hydrogens (primary N) is 2. The van der Waals surface area contributed by atoms with Gasteiger partial charge in [0.25, 0.3) is 0 Å². The second-order valence-electron chi connectivity index (χ2n) is 4.41. The summed E-state index contributed by atoms with van der Waals surface area (Å²) in [5, 5.41) is 8.72. The van der Waals surface area contributed by atoms with Crippen LogP contribution in [0, 0.1) is 0 Å². The zero-order valence-electron chi connectivity index (χ0n) is 11.0. The minimum Gasteiger partial charge on any atom is -0.479 e. The second-order valence-corrected chi connectivity index (χ2v) is 5.42. The highest BCUT2D eigenvalue weighted by Gasteiger charge is 2.44. The number of anilines is 1. The normalized spacial score (nSPS) is 13.4. The van der Waals surface area contributed by atoms with Crippen LogP contribution in [0.5, 0.6) is 0 Å². The van der Waals surface area contributed by atoms with Crippen molar-refractivity contribution >= 4 is 28.5 Å². The lowest BCUT2D eigenvalue weighted by atomic mass is 9.92. The number of hydrogen-bond donors (Lipinski definition) is 3. The van der Waals surface area contributed by atoms with Gasteiger partial charge in [0.05, 0.1) is 0 Å². The Bertz CT molecular complexity index is 676. The van der Waals surface area contributed by atoms with Crippen LogP contribution in [0.4, 0.5) is 5.69 Å². The van der Waals surface area contributed by atoms with E-state index >= 15 is 0 Å². The lowest BCUT2D eigenvalue weighted by Crippen LogP contribution is -2.50. The molecule has 21 heavy (non-hydrogen) atoms. The first-order valence-corrected chi connectivity index (χ1v) is 6.92. The van der Waals surface area contributed by atoms with Crippen molar-refractivity contribution in [3.05, 3.63) is 60.2 Å². The summed E-state index contributed by atoms with van der Waals surface area (Å²) in [4.78, 5) is 24.5. The van der Waals surface area contributed by atoms with E-state index in [9.17, 15) is 14.7 Å². The van der Waals surface area contributed by atoms with Crippen LogP contribution in [0.2, 0.25) is 0 Å². The summed E-state index contributed by atoms with van der Waals surface area (Å²) in [6, 6.07) is 14.7. The largest absolute Gasteiger partial charge is 0.479 e. The third kappa shape index (κ3) is 2.91. The van der Waals surface area contributed by atoms with Crippen LogP contribution in [0.1, 0.15) is 5.56 Å². The van der Waals surface area contributed by atoms with Gasteiger partial charge in [-0.1, -0.05) is 42.5 Å². The molecule has 6 heteroatoms. The molecule has 5 N–H and O–H groups in total. The first-order valence-electron chi connectivity index (χ1n) is 6.11. The SMILES string of the molecule is Nc1ccccc1SC(=O)C(N)(C(=O)O)c1ccccc1. The molecule has 0 heterocycles. The molecule has 1 atom stereocenters. The molecule has 1 unspecified atom stereocenters. The maximum atomic E-state index is 12.4. The number of rotatable bonds is 4. The summed E-state index contributed by atoms with van der Waals surface area (Å²) < 4.78 is 0. The number of nitrogen functional groups attached to an aromatic ring is 1. The van der Waals surface area contributed by atoms with Crippen molar-refractivity contribution in [2.45, 2.75) is 10.4 Å². The fraction of sp³-hybridized carbons (Fsp3) is 0.0667. The van der Waals surface area contributed by atoms with E-state index in [2.05, 4.69) is 0 Å². The molecule has 0 bridgehead atoms. The van der Waals surface area contributed by atoms with Gasteiger partial charge in [-0.15, -0.1) is 0 Å². The molecule has 0 saturated carbocycles. The second kappa shape index (κ2) is 5.99. The van der Waals surface area contributed by atoms with Gasteiger partial charge in [0.2, 0.25) is 10.7 Å². The van der Waals surface area contributed by atoms with E-state index in [-0.39, 0.29) is 5.56 Å². The highest BCUT2D eigenvalue weighted by molar-refractivity contribution is 8.14. The number of carboxylic acid groups (broad SMARTS) is 1. The summed E-state index contributed by atoms with van der Waals surface area (Å²) >= 11 is 0.731. The minimum atomic E-state index is -2.12.